The van der Waals surface area contributed by atoms with Crippen LogP contribution in [0.5, 0.6) is 5.75 Å². The maximum absolute atomic E-state index is 12.6. The first-order valence-electron chi connectivity index (χ1n) is 7.76. The maximum Gasteiger partial charge on any atom is 0.240 e. The summed E-state index contributed by atoms with van der Waals surface area (Å²) in [6.45, 7) is 4.53. The lowest BCUT2D eigenvalue weighted by Gasteiger charge is -2.37. The topological polar surface area (TPSA) is 76.7 Å². The molecule has 0 aliphatic carbocycles. The average molecular weight is 342 g/mol. The van der Waals surface area contributed by atoms with E-state index in [2.05, 4.69) is 10.0 Å². The van der Waals surface area contributed by atoms with Crippen LogP contribution in [0.25, 0.3) is 0 Å². The third-order valence-electron chi connectivity index (χ3n) is 4.43. The van der Waals surface area contributed by atoms with Crippen LogP contribution >= 0.6 is 0 Å². The Bertz CT molecular complexity index is 619. The summed E-state index contributed by atoms with van der Waals surface area (Å²) in [7, 11) is -0.317. The second-order valence-corrected chi connectivity index (χ2v) is 7.91. The molecule has 1 aromatic carbocycles. The van der Waals surface area contributed by atoms with Crippen LogP contribution in [-0.2, 0) is 14.8 Å². The number of ether oxygens (including phenoxy) is 2. The predicted octanol–water partition coefficient (Wildman–Crippen LogP) is 1.30. The zero-order valence-corrected chi connectivity index (χ0v) is 14.8. The molecule has 1 aromatic rings. The highest BCUT2D eigenvalue weighted by Gasteiger charge is 2.33. The van der Waals surface area contributed by atoms with Crippen LogP contribution in [0.2, 0.25) is 0 Å². The molecule has 1 saturated heterocycles. The van der Waals surface area contributed by atoms with Crippen molar-refractivity contribution in [3.05, 3.63) is 23.8 Å². The number of hydrogen-bond acceptors (Lipinski definition) is 5. The van der Waals surface area contributed by atoms with Crippen LogP contribution < -0.4 is 14.8 Å². The van der Waals surface area contributed by atoms with E-state index in [0.717, 1.165) is 31.5 Å². The van der Waals surface area contributed by atoms with Crippen molar-refractivity contribution in [2.45, 2.75) is 24.7 Å². The Morgan fingerprint density at radius 3 is 2.52 bits per heavy atom. The minimum absolute atomic E-state index is 0.144. The minimum atomic E-state index is -3.55. The monoisotopic (exact) mass is 342 g/mol. The summed E-state index contributed by atoms with van der Waals surface area (Å²) in [4.78, 5) is 0.261. The van der Waals surface area contributed by atoms with Gasteiger partial charge in [0.1, 0.15) is 5.75 Å². The lowest BCUT2D eigenvalue weighted by molar-refractivity contribution is 0.0577. The standard InChI is InChI=1S/C16H26N2O4S/c1-13-10-14(4-5-15(13)22-3)23(19,20)18-11-16(12-21-2)6-8-17-9-7-16/h4-5,10,17-18H,6-9,11-12H2,1-3H3. The molecule has 1 aliphatic rings. The van der Waals surface area contributed by atoms with Gasteiger partial charge in [-0.05, 0) is 56.6 Å². The van der Waals surface area contributed by atoms with E-state index in [0.29, 0.717) is 18.9 Å². The van der Waals surface area contributed by atoms with E-state index in [4.69, 9.17) is 9.47 Å². The van der Waals surface area contributed by atoms with Gasteiger partial charge in [0.2, 0.25) is 10.0 Å². The number of hydrogen-bond donors (Lipinski definition) is 2. The lowest BCUT2D eigenvalue weighted by atomic mass is 9.80. The van der Waals surface area contributed by atoms with Gasteiger partial charge in [0.05, 0.1) is 18.6 Å². The lowest BCUT2D eigenvalue weighted by Crippen LogP contribution is -2.47. The van der Waals surface area contributed by atoms with Gasteiger partial charge in [0.15, 0.2) is 0 Å². The molecule has 1 aliphatic heterocycles. The van der Waals surface area contributed by atoms with Gasteiger partial charge in [-0.2, -0.15) is 0 Å². The number of rotatable bonds is 7. The molecule has 130 valence electrons. The molecule has 0 amide bonds. The highest BCUT2D eigenvalue weighted by Crippen LogP contribution is 2.29. The average Bonchev–Trinajstić information content (AvgIpc) is 2.54. The van der Waals surface area contributed by atoms with Gasteiger partial charge in [-0.3, -0.25) is 0 Å². The van der Waals surface area contributed by atoms with Crippen LogP contribution in [0.4, 0.5) is 0 Å². The summed E-state index contributed by atoms with van der Waals surface area (Å²) < 4.78 is 38.4. The molecule has 0 bridgehead atoms. The normalized spacial score (nSPS) is 17.9. The van der Waals surface area contributed by atoms with Crippen LogP contribution in [0.15, 0.2) is 23.1 Å². The zero-order valence-electron chi connectivity index (χ0n) is 14.0. The number of benzene rings is 1. The highest BCUT2D eigenvalue weighted by atomic mass is 32.2. The van der Waals surface area contributed by atoms with Crippen molar-refractivity contribution in [2.24, 2.45) is 5.41 Å². The molecule has 1 heterocycles. The summed E-state index contributed by atoms with van der Waals surface area (Å²) in [6, 6.07) is 4.88. The molecule has 2 rings (SSSR count). The fraction of sp³-hybridized carbons (Fsp3) is 0.625. The molecule has 0 unspecified atom stereocenters. The van der Waals surface area contributed by atoms with Crippen molar-refractivity contribution in [2.75, 3.05) is 40.5 Å². The highest BCUT2D eigenvalue weighted by molar-refractivity contribution is 7.89. The first-order valence-corrected chi connectivity index (χ1v) is 9.25. The van der Waals surface area contributed by atoms with Crippen LogP contribution in [0.3, 0.4) is 0 Å². The van der Waals surface area contributed by atoms with Crippen LogP contribution in [0.1, 0.15) is 18.4 Å². The third kappa shape index (κ3) is 4.44. The van der Waals surface area contributed by atoms with E-state index >= 15 is 0 Å². The maximum atomic E-state index is 12.6. The number of nitrogens with one attached hydrogen (secondary N) is 2. The van der Waals surface area contributed by atoms with E-state index in [1.807, 2.05) is 6.92 Å². The summed E-state index contributed by atoms with van der Waals surface area (Å²) in [5, 5.41) is 3.30. The molecule has 23 heavy (non-hydrogen) atoms. The zero-order chi connectivity index (χ0) is 16.9. The number of aryl methyl sites for hydroxylation is 1. The van der Waals surface area contributed by atoms with Gasteiger partial charge >= 0.3 is 0 Å². The molecular formula is C16H26N2O4S. The first-order chi connectivity index (χ1) is 10.9. The molecule has 1 fully saturated rings. The SMILES string of the molecule is COCC1(CNS(=O)(=O)c2ccc(OC)c(C)c2)CCNCC1. The van der Waals surface area contributed by atoms with Gasteiger partial charge in [0, 0.05) is 19.1 Å². The Kier molecular flexibility index (Phi) is 6.02. The fourth-order valence-corrected chi connectivity index (χ4v) is 4.23. The molecule has 0 saturated carbocycles. The van der Waals surface area contributed by atoms with Gasteiger partial charge in [-0.1, -0.05) is 0 Å². The summed E-state index contributed by atoms with van der Waals surface area (Å²) in [6.07, 6.45) is 1.79. The molecule has 0 aromatic heterocycles. The van der Waals surface area contributed by atoms with Gasteiger partial charge in [0.25, 0.3) is 0 Å². The van der Waals surface area contributed by atoms with E-state index in [9.17, 15) is 8.42 Å². The molecule has 7 heteroatoms. The molecular weight excluding hydrogens is 316 g/mol. The Labute approximate surface area is 138 Å². The van der Waals surface area contributed by atoms with Crippen molar-refractivity contribution in [3.63, 3.8) is 0 Å². The van der Waals surface area contributed by atoms with E-state index < -0.39 is 10.0 Å². The van der Waals surface area contributed by atoms with Crippen molar-refractivity contribution in [3.8, 4) is 5.75 Å². The summed E-state index contributed by atoms with van der Waals surface area (Å²) >= 11 is 0. The van der Waals surface area contributed by atoms with E-state index in [-0.39, 0.29) is 10.3 Å². The molecule has 2 N–H and O–H groups in total. The number of piperidine rings is 1. The molecule has 0 radical (unpaired) electrons. The minimum Gasteiger partial charge on any atom is -0.496 e. The molecule has 6 nitrogen and oxygen atoms in total. The van der Waals surface area contributed by atoms with E-state index in [1.54, 1.807) is 32.4 Å². The van der Waals surface area contributed by atoms with Crippen molar-refractivity contribution in [1.82, 2.24) is 10.0 Å². The largest absolute Gasteiger partial charge is 0.496 e. The van der Waals surface area contributed by atoms with Gasteiger partial charge in [-0.15, -0.1) is 0 Å². The molecule has 0 spiro atoms. The second-order valence-electron chi connectivity index (χ2n) is 6.14. The van der Waals surface area contributed by atoms with Crippen LogP contribution in [0, 0.1) is 12.3 Å². The predicted molar refractivity (Wildman–Crippen MR) is 89.3 cm³/mol. The number of sulfonamides is 1. The Morgan fingerprint density at radius 1 is 1.26 bits per heavy atom. The smallest absolute Gasteiger partial charge is 0.240 e. The summed E-state index contributed by atoms with van der Waals surface area (Å²) in [5.41, 5.74) is 0.651. The molecule has 0 atom stereocenters. The van der Waals surface area contributed by atoms with Crippen molar-refractivity contribution < 1.29 is 17.9 Å². The van der Waals surface area contributed by atoms with E-state index in [1.165, 1.54) is 0 Å². The quantitative estimate of drug-likeness (QED) is 0.781. The fourth-order valence-electron chi connectivity index (χ4n) is 2.98. The Morgan fingerprint density at radius 2 is 1.96 bits per heavy atom. The van der Waals surface area contributed by atoms with Crippen molar-refractivity contribution >= 4 is 10.0 Å². The summed E-state index contributed by atoms with van der Waals surface area (Å²) in [5.74, 6) is 0.679. The Balaban J connectivity index is 2.12. The third-order valence-corrected chi connectivity index (χ3v) is 5.83. The Hall–Kier alpha value is -1.15. The van der Waals surface area contributed by atoms with Gasteiger partial charge < -0.3 is 14.8 Å². The van der Waals surface area contributed by atoms with Crippen molar-refractivity contribution in [1.29, 1.82) is 0 Å². The second kappa shape index (κ2) is 7.61. The van der Waals surface area contributed by atoms with Gasteiger partial charge in [-0.25, -0.2) is 13.1 Å². The first kappa shape index (κ1) is 18.2. The number of methoxy groups -OCH3 is 2. The van der Waals surface area contributed by atoms with Crippen LogP contribution in [-0.4, -0.2) is 48.9 Å².